The second-order valence-corrected chi connectivity index (χ2v) is 6.91. The van der Waals surface area contributed by atoms with Crippen molar-refractivity contribution in [1.82, 2.24) is 0 Å². The van der Waals surface area contributed by atoms with Crippen LogP contribution in [0.4, 0.5) is 0 Å². The first kappa shape index (κ1) is 15.5. The van der Waals surface area contributed by atoms with Gasteiger partial charge in [-0.15, -0.1) is 23.5 Å². The highest BCUT2D eigenvalue weighted by molar-refractivity contribution is 7.99. The van der Waals surface area contributed by atoms with Gasteiger partial charge in [0.2, 0.25) is 0 Å². The Morgan fingerprint density at radius 2 is 1.65 bits per heavy atom. The molecule has 0 amide bonds. The van der Waals surface area contributed by atoms with Gasteiger partial charge in [-0.1, -0.05) is 37.3 Å². The molecule has 0 saturated carbocycles. The first-order valence-corrected chi connectivity index (χ1v) is 8.85. The van der Waals surface area contributed by atoms with Crippen LogP contribution in [0.5, 0.6) is 0 Å². The molecule has 106 valence electrons. The summed E-state index contributed by atoms with van der Waals surface area (Å²) in [5, 5.41) is 0. The van der Waals surface area contributed by atoms with Crippen molar-refractivity contribution in [3.05, 3.63) is 59.2 Å². The predicted molar refractivity (Wildman–Crippen MR) is 91.5 cm³/mol. The van der Waals surface area contributed by atoms with Crippen LogP contribution in [0.3, 0.4) is 0 Å². The molecule has 0 unspecified atom stereocenters. The van der Waals surface area contributed by atoms with Crippen LogP contribution < -0.4 is 5.73 Å². The number of thioether (sulfide) groups is 2. The van der Waals surface area contributed by atoms with Crippen molar-refractivity contribution in [3.63, 3.8) is 0 Å². The molecule has 0 aliphatic rings. The highest BCUT2D eigenvalue weighted by atomic mass is 32.2. The summed E-state index contributed by atoms with van der Waals surface area (Å²) in [5.74, 6) is 2.08. The SMILES string of the molecule is CCSc1cccc(SCc2ccccc2C)c1CN. The molecule has 20 heavy (non-hydrogen) atoms. The Labute approximate surface area is 130 Å². The first-order chi connectivity index (χ1) is 9.76. The van der Waals surface area contributed by atoms with Crippen LogP contribution in [-0.4, -0.2) is 5.75 Å². The third-order valence-electron chi connectivity index (χ3n) is 3.24. The molecular weight excluding hydrogens is 282 g/mol. The Hall–Kier alpha value is -0.900. The molecule has 1 nitrogen and oxygen atoms in total. The lowest BCUT2D eigenvalue weighted by Gasteiger charge is -2.13. The van der Waals surface area contributed by atoms with Gasteiger partial charge in [0.1, 0.15) is 0 Å². The molecule has 0 atom stereocenters. The third-order valence-corrected chi connectivity index (χ3v) is 5.37. The zero-order valence-electron chi connectivity index (χ0n) is 12.1. The van der Waals surface area contributed by atoms with Crippen molar-refractivity contribution in [2.45, 2.75) is 35.9 Å². The maximum atomic E-state index is 5.95. The molecule has 0 aromatic heterocycles. The van der Waals surface area contributed by atoms with Gasteiger partial charge in [0, 0.05) is 22.1 Å². The Bertz CT molecular complexity index is 567. The maximum Gasteiger partial charge on any atom is 0.0234 e. The molecule has 2 N–H and O–H groups in total. The third kappa shape index (κ3) is 3.81. The van der Waals surface area contributed by atoms with Gasteiger partial charge in [0.25, 0.3) is 0 Å². The molecule has 0 heterocycles. The summed E-state index contributed by atoms with van der Waals surface area (Å²) in [5.41, 5.74) is 10.00. The molecule has 0 aliphatic heterocycles. The van der Waals surface area contributed by atoms with Gasteiger partial charge in [0.05, 0.1) is 0 Å². The summed E-state index contributed by atoms with van der Waals surface area (Å²) in [6.07, 6.45) is 0. The Morgan fingerprint density at radius 3 is 2.30 bits per heavy atom. The molecule has 0 aliphatic carbocycles. The molecule has 2 rings (SSSR count). The number of benzene rings is 2. The summed E-state index contributed by atoms with van der Waals surface area (Å²) in [6.45, 7) is 4.96. The summed E-state index contributed by atoms with van der Waals surface area (Å²) < 4.78 is 0. The maximum absolute atomic E-state index is 5.95. The molecule has 0 spiro atoms. The number of hydrogen-bond donors (Lipinski definition) is 1. The second-order valence-electron chi connectivity index (χ2n) is 4.59. The van der Waals surface area contributed by atoms with Crippen LogP contribution in [0.2, 0.25) is 0 Å². The van der Waals surface area contributed by atoms with Crippen molar-refractivity contribution >= 4 is 23.5 Å². The summed E-state index contributed by atoms with van der Waals surface area (Å²) >= 11 is 3.76. The number of rotatable bonds is 6. The summed E-state index contributed by atoms with van der Waals surface area (Å²) in [4.78, 5) is 2.64. The topological polar surface area (TPSA) is 26.0 Å². The smallest absolute Gasteiger partial charge is 0.0234 e. The summed E-state index contributed by atoms with van der Waals surface area (Å²) in [7, 11) is 0. The molecular formula is C17H21NS2. The van der Waals surface area contributed by atoms with Crippen LogP contribution >= 0.6 is 23.5 Å². The highest BCUT2D eigenvalue weighted by Crippen LogP contribution is 2.33. The van der Waals surface area contributed by atoms with Crippen molar-refractivity contribution in [3.8, 4) is 0 Å². The molecule has 2 aromatic carbocycles. The van der Waals surface area contributed by atoms with E-state index in [1.807, 2.05) is 23.5 Å². The van der Waals surface area contributed by atoms with Crippen LogP contribution in [-0.2, 0) is 12.3 Å². The minimum atomic E-state index is 0.610. The molecule has 3 heteroatoms. The highest BCUT2D eigenvalue weighted by Gasteiger charge is 2.08. The molecule has 0 radical (unpaired) electrons. The van der Waals surface area contributed by atoms with E-state index in [0.29, 0.717) is 6.54 Å². The lowest BCUT2D eigenvalue weighted by molar-refractivity contribution is 0.979. The average Bonchev–Trinajstić information content (AvgIpc) is 2.47. The monoisotopic (exact) mass is 303 g/mol. The number of hydrogen-bond acceptors (Lipinski definition) is 3. The fourth-order valence-corrected chi connectivity index (χ4v) is 4.20. The van der Waals surface area contributed by atoms with E-state index in [4.69, 9.17) is 5.73 Å². The molecule has 0 bridgehead atoms. The van der Waals surface area contributed by atoms with Gasteiger partial charge in [-0.3, -0.25) is 0 Å². The van der Waals surface area contributed by atoms with E-state index in [9.17, 15) is 0 Å². The second kappa shape index (κ2) is 7.77. The number of nitrogens with two attached hydrogens (primary N) is 1. The Kier molecular flexibility index (Phi) is 6.02. The fraction of sp³-hybridized carbons (Fsp3) is 0.294. The van der Waals surface area contributed by atoms with Crippen molar-refractivity contribution in [2.24, 2.45) is 5.73 Å². The largest absolute Gasteiger partial charge is 0.326 e. The van der Waals surface area contributed by atoms with E-state index in [0.717, 1.165) is 11.5 Å². The Balaban J connectivity index is 2.17. The van der Waals surface area contributed by atoms with Gasteiger partial charge in [0.15, 0.2) is 0 Å². The van der Waals surface area contributed by atoms with Crippen LogP contribution in [0, 0.1) is 6.92 Å². The van der Waals surface area contributed by atoms with E-state index >= 15 is 0 Å². The van der Waals surface area contributed by atoms with E-state index in [1.165, 1.54) is 26.5 Å². The van der Waals surface area contributed by atoms with E-state index in [2.05, 4.69) is 56.3 Å². The average molecular weight is 303 g/mol. The van der Waals surface area contributed by atoms with Crippen molar-refractivity contribution < 1.29 is 0 Å². The van der Waals surface area contributed by atoms with Crippen LogP contribution in [0.1, 0.15) is 23.6 Å². The van der Waals surface area contributed by atoms with Gasteiger partial charge < -0.3 is 5.73 Å². The fourth-order valence-electron chi connectivity index (χ4n) is 2.10. The molecule has 2 aromatic rings. The van der Waals surface area contributed by atoms with Crippen molar-refractivity contribution in [1.29, 1.82) is 0 Å². The van der Waals surface area contributed by atoms with Crippen LogP contribution in [0.15, 0.2) is 52.3 Å². The van der Waals surface area contributed by atoms with E-state index < -0.39 is 0 Å². The van der Waals surface area contributed by atoms with Crippen LogP contribution in [0.25, 0.3) is 0 Å². The zero-order chi connectivity index (χ0) is 14.4. The minimum Gasteiger partial charge on any atom is -0.326 e. The molecule has 0 saturated heterocycles. The van der Waals surface area contributed by atoms with Gasteiger partial charge in [-0.05, 0) is 41.5 Å². The number of aryl methyl sites for hydroxylation is 1. The van der Waals surface area contributed by atoms with Gasteiger partial charge >= 0.3 is 0 Å². The standard InChI is InChI=1S/C17H21NS2/c1-3-19-16-9-6-10-17(15(16)11-18)20-12-14-8-5-4-7-13(14)2/h4-10H,3,11-12,18H2,1-2H3. The summed E-state index contributed by atoms with van der Waals surface area (Å²) in [6, 6.07) is 15.1. The van der Waals surface area contributed by atoms with Gasteiger partial charge in [-0.2, -0.15) is 0 Å². The van der Waals surface area contributed by atoms with Crippen molar-refractivity contribution in [2.75, 3.05) is 5.75 Å². The minimum absolute atomic E-state index is 0.610. The predicted octanol–water partition coefficient (Wildman–Crippen LogP) is 4.86. The Morgan fingerprint density at radius 1 is 0.950 bits per heavy atom. The van der Waals surface area contributed by atoms with E-state index in [-0.39, 0.29) is 0 Å². The normalized spacial score (nSPS) is 10.8. The lowest BCUT2D eigenvalue weighted by Crippen LogP contribution is -2.01. The molecule has 0 fully saturated rings. The first-order valence-electron chi connectivity index (χ1n) is 6.88. The van der Waals surface area contributed by atoms with E-state index in [1.54, 1.807) is 0 Å². The quantitative estimate of drug-likeness (QED) is 0.772. The van der Waals surface area contributed by atoms with Gasteiger partial charge in [-0.25, -0.2) is 0 Å². The zero-order valence-corrected chi connectivity index (χ0v) is 13.7. The lowest BCUT2D eigenvalue weighted by atomic mass is 10.1.